The number of hydrogen-bond donors (Lipinski definition) is 1. The molecule has 172 valence electrons. The quantitative estimate of drug-likeness (QED) is 0.429. The first kappa shape index (κ1) is 24.6. The van der Waals surface area contributed by atoms with E-state index in [1.165, 1.54) is 22.7 Å². The summed E-state index contributed by atoms with van der Waals surface area (Å²) in [7, 11) is -3.39. The zero-order valence-corrected chi connectivity index (χ0v) is 20.1. The van der Waals surface area contributed by atoms with Gasteiger partial charge in [0, 0.05) is 24.2 Å². The summed E-state index contributed by atoms with van der Waals surface area (Å²) in [4.78, 5) is 0. The van der Waals surface area contributed by atoms with Gasteiger partial charge in [0.15, 0.2) is 0 Å². The molecule has 0 spiro atoms. The summed E-state index contributed by atoms with van der Waals surface area (Å²) in [6.45, 7) is 4.38. The zero-order valence-electron chi connectivity index (χ0n) is 19.3. The fraction of sp³-hybridized carbons (Fsp3) is 0.286. The Labute approximate surface area is 198 Å². The van der Waals surface area contributed by atoms with Crippen molar-refractivity contribution >= 4 is 10.0 Å². The first-order valence-electron chi connectivity index (χ1n) is 11.3. The molecule has 3 aromatic carbocycles. The minimum atomic E-state index is -3.39. The maximum absolute atomic E-state index is 12.6. The van der Waals surface area contributed by atoms with Crippen LogP contribution >= 0.6 is 0 Å². The molecule has 0 heterocycles. The number of aromatic hydroxyl groups is 1. The molecular formula is C28H31NO3S. The van der Waals surface area contributed by atoms with Gasteiger partial charge in [-0.3, -0.25) is 0 Å². The average Bonchev–Trinajstić information content (AvgIpc) is 2.83. The van der Waals surface area contributed by atoms with E-state index in [4.69, 9.17) is 0 Å². The fourth-order valence-corrected chi connectivity index (χ4v) is 4.47. The van der Waals surface area contributed by atoms with Crippen LogP contribution in [0.3, 0.4) is 0 Å². The van der Waals surface area contributed by atoms with Gasteiger partial charge in [0.25, 0.3) is 0 Å². The van der Waals surface area contributed by atoms with Gasteiger partial charge in [-0.15, -0.1) is 0 Å². The summed E-state index contributed by atoms with van der Waals surface area (Å²) in [5.74, 6) is 6.58. The molecule has 0 saturated heterocycles. The lowest BCUT2D eigenvalue weighted by atomic mass is 10.1. The molecule has 0 bridgehead atoms. The molecule has 0 aliphatic carbocycles. The fourth-order valence-electron chi connectivity index (χ4n) is 3.42. The van der Waals surface area contributed by atoms with Crippen molar-refractivity contribution in [3.05, 3.63) is 101 Å². The average molecular weight is 462 g/mol. The van der Waals surface area contributed by atoms with Crippen LogP contribution in [0, 0.1) is 11.8 Å². The third kappa shape index (κ3) is 7.49. The second-order valence-electron chi connectivity index (χ2n) is 8.08. The molecule has 0 atom stereocenters. The van der Waals surface area contributed by atoms with Crippen molar-refractivity contribution < 1.29 is 13.5 Å². The first-order valence-corrected chi connectivity index (χ1v) is 13.0. The van der Waals surface area contributed by atoms with Gasteiger partial charge in [0.1, 0.15) is 5.75 Å². The van der Waals surface area contributed by atoms with Gasteiger partial charge >= 0.3 is 0 Å². The van der Waals surface area contributed by atoms with Gasteiger partial charge in [-0.05, 0) is 72.9 Å². The number of nitrogens with zero attached hydrogens (tertiary/aromatic N) is 1. The molecular weight excluding hydrogens is 430 g/mol. The van der Waals surface area contributed by atoms with E-state index in [0.717, 1.165) is 28.7 Å². The number of phenols is 1. The van der Waals surface area contributed by atoms with Crippen LogP contribution in [0.2, 0.25) is 0 Å². The summed E-state index contributed by atoms with van der Waals surface area (Å²) in [5.41, 5.74) is 4.93. The molecule has 3 aromatic rings. The molecule has 33 heavy (non-hydrogen) atoms. The Morgan fingerprint density at radius 1 is 0.727 bits per heavy atom. The molecule has 0 aliphatic rings. The third-order valence-corrected chi connectivity index (χ3v) is 7.27. The Morgan fingerprint density at radius 2 is 1.18 bits per heavy atom. The van der Waals surface area contributed by atoms with Crippen LogP contribution in [0.4, 0.5) is 0 Å². The second kappa shape index (κ2) is 11.7. The molecule has 0 saturated carbocycles. The molecule has 0 radical (unpaired) electrons. The van der Waals surface area contributed by atoms with Crippen molar-refractivity contribution in [2.75, 3.05) is 5.75 Å². The SMILES string of the molecule is CCCCc1ccc(C#Cc2ccc(CN(Cc3ccc(O)cc3)S(=O)(=O)CC)cc2)cc1. The van der Waals surface area contributed by atoms with E-state index >= 15 is 0 Å². The molecule has 5 heteroatoms. The van der Waals surface area contributed by atoms with E-state index < -0.39 is 10.0 Å². The Morgan fingerprint density at radius 3 is 1.64 bits per heavy atom. The summed E-state index contributed by atoms with van der Waals surface area (Å²) in [6, 6.07) is 22.7. The summed E-state index contributed by atoms with van der Waals surface area (Å²) >= 11 is 0. The van der Waals surface area contributed by atoms with Crippen LogP contribution in [-0.2, 0) is 29.5 Å². The number of phenolic OH excluding ortho intramolecular Hbond substituents is 1. The first-order chi connectivity index (χ1) is 15.9. The van der Waals surface area contributed by atoms with E-state index in [9.17, 15) is 13.5 Å². The van der Waals surface area contributed by atoms with Crippen LogP contribution in [0.5, 0.6) is 5.75 Å². The maximum atomic E-state index is 12.6. The molecule has 0 amide bonds. The van der Waals surface area contributed by atoms with Crippen molar-refractivity contribution in [2.24, 2.45) is 0 Å². The Hall–Kier alpha value is -3.07. The van der Waals surface area contributed by atoms with Crippen LogP contribution in [0.1, 0.15) is 54.5 Å². The Kier molecular flexibility index (Phi) is 8.71. The lowest BCUT2D eigenvalue weighted by Crippen LogP contribution is -2.31. The number of hydrogen-bond acceptors (Lipinski definition) is 3. The maximum Gasteiger partial charge on any atom is 0.214 e. The Bertz CT molecular complexity index is 1190. The minimum absolute atomic E-state index is 0.0336. The molecule has 0 aromatic heterocycles. The number of rotatable bonds is 9. The summed E-state index contributed by atoms with van der Waals surface area (Å²) in [6.07, 6.45) is 3.49. The van der Waals surface area contributed by atoms with Crippen LogP contribution in [0.25, 0.3) is 0 Å². The standard InChI is InChI=1S/C28H31NO3S/c1-3-5-6-23-7-9-24(10-8-23)11-12-25-13-15-26(16-14-25)21-29(33(31,32)4-2)22-27-17-19-28(30)20-18-27/h7-10,13-20,30H,3-6,21-22H2,1-2H3. The van der Waals surface area contributed by atoms with Gasteiger partial charge in [0.2, 0.25) is 10.0 Å². The highest BCUT2D eigenvalue weighted by atomic mass is 32.2. The highest BCUT2D eigenvalue weighted by Gasteiger charge is 2.20. The summed E-state index contributed by atoms with van der Waals surface area (Å²) < 4.78 is 26.7. The lowest BCUT2D eigenvalue weighted by molar-refractivity contribution is 0.401. The number of benzene rings is 3. The topological polar surface area (TPSA) is 57.6 Å². The third-order valence-electron chi connectivity index (χ3n) is 5.49. The van der Waals surface area contributed by atoms with Gasteiger partial charge in [-0.2, -0.15) is 4.31 Å². The van der Waals surface area contributed by atoms with Crippen LogP contribution in [0.15, 0.2) is 72.8 Å². The van der Waals surface area contributed by atoms with E-state index in [1.54, 1.807) is 31.2 Å². The molecule has 0 unspecified atom stereocenters. The Balaban J connectivity index is 1.69. The van der Waals surface area contributed by atoms with Crippen molar-refractivity contribution in [1.82, 2.24) is 4.31 Å². The van der Waals surface area contributed by atoms with E-state index in [0.29, 0.717) is 0 Å². The number of unbranched alkanes of at least 4 members (excludes halogenated alkanes) is 1. The van der Waals surface area contributed by atoms with Crippen molar-refractivity contribution in [3.8, 4) is 17.6 Å². The van der Waals surface area contributed by atoms with Crippen molar-refractivity contribution in [1.29, 1.82) is 0 Å². The number of sulfonamides is 1. The minimum Gasteiger partial charge on any atom is -0.508 e. The van der Waals surface area contributed by atoms with Crippen molar-refractivity contribution in [2.45, 2.75) is 46.2 Å². The molecule has 1 N–H and O–H groups in total. The smallest absolute Gasteiger partial charge is 0.214 e. The van der Waals surface area contributed by atoms with E-state index in [2.05, 4.69) is 43.0 Å². The van der Waals surface area contributed by atoms with Gasteiger partial charge in [-0.25, -0.2) is 8.42 Å². The van der Waals surface area contributed by atoms with Crippen LogP contribution in [-0.4, -0.2) is 23.6 Å². The van der Waals surface area contributed by atoms with E-state index in [-0.39, 0.29) is 24.6 Å². The van der Waals surface area contributed by atoms with E-state index in [1.807, 2.05) is 24.3 Å². The predicted octanol–water partition coefficient (Wildman–Crippen LogP) is 5.49. The molecule has 0 aliphatic heterocycles. The molecule has 3 rings (SSSR count). The van der Waals surface area contributed by atoms with Crippen molar-refractivity contribution in [3.63, 3.8) is 0 Å². The summed E-state index contributed by atoms with van der Waals surface area (Å²) in [5, 5.41) is 9.47. The lowest BCUT2D eigenvalue weighted by Gasteiger charge is -2.22. The second-order valence-corrected chi connectivity index (χ2v) is 10.3. The van der Waals surface area contributed by atoms with Gasteiger partial charge in [0.05, 0.1) is 5.75 Å². The van der Waals surface area contributed by atoms with Gasteiger partial charge in [-0.1, -0.05) is 61.6 Å². The molecule has 4 nitrogen and oxygen atoms in total. The normalized spacial score (nSPS) is 11.2. The number of aryl methyl sites for hydroxylation is 1. The van der Waals surface area contributed by atoms with Gasteiger partial charge < -0.3 is 5.11 Å². The highest BCUT2D eigenvalue weighted by Crippen LogP contribution is 2.17. The largest absolute Gasteiger partial charge is 0.508 e. The monoisotopic (exact) mass is 461 g/mol. The van der Waals surface area contributed by atoms with Crippen LogP contribution < -0.4 is 0 Å². The highest BCUT2D eigenvalue weighted by molar-refractivity contribution is 7.89. The molecule has 0 fully saturated rings. The predicted molar refractivity (Wildman–Crippen MR) is 134 cm³/mol. The zero-order chi connectivity index (χ0) is 23.7.